The summed E-state index contributed by atoms with van der Waals surface area (Å²) in [6.07, 6.45) is -2.91. The summed E-state index contributed by atoms with van der Waals surface area (Å²) < 4.78 is 42.5. The Morgan fingerprint density at radius 2 is 1.89 bits per heavy atom. The molecule has 0 bridgehead atoms. The Hall–Kier alpha value is -2.61. The van der Waals surface area contributed by atoms with Crippen LogP contribution in [0.15, 0.2) is 30.5 Å². The summed E-state index contributed by atoms with van der Waals surface area (Å²) in [5.74, 6) is 0.501. The van der Waals surface area contributed by atoms with Gasteiger partial charge in [-0.1, -0.05) is 12.1 Å². The highest BCUT2D eigenvalue weighted by Crippen LogP contribution is 2.31. The normalized spacial score (nSPS) is 14.3. The highest BCUT2D eigenvalue weighted by molar-refractivity contribution is 5.74. The van der Waals surface area contributed by atoms with E-state index in [0.717, 1.165) is 11.0 Å². The van der Waals surface area contributed by atoms with Gasteiger partial charge in [0, 0.05) is 23.7 Å². The number of H-pyrrole nitrogens is 1. The van der Waals surface area contributed by atoms with E-state index >= 15 is 0 Å². The van der Waals surface area contributed by atoms with Gasteiger partial charge in [0.25, 0.3) is 0 Å². The summed E-state index contributed by atoms with van der Waals surface area (Å²) in [4.78, 5) is 11.8. The third-order valence-electron chi connectivity index (χ3n) is 4.34. The number of rotatable bonds is 5. The first-order valence-corrected chi connectivity index (χ1v) is 8.39. The van der Waals surface area contributed by atoms with E-state index in [9.17, 15) is 18.3 Å². The molecule has 0 aliphatic heterocycles. The van der Waals surface area contributed by atoms with Crippen molar-refractivity contribution in [2.45, 2.75) is 39.0 Å². The number of nitrogens with zero attached hydrogens (tertiary/aromatic N) is 2. The molecule has 0 aliphatic carbocycles. The Balaban J connectivity index is 1.89. The van der Waals surface area contributed by atoms with Gasteiger partial charge in [-0.05, 0) is 32.9 Å². The average Bonchev–Trinajstić information content (AvgIpc) is 3.01. The number of nitrogens with one attached hydrogen (secondary N) is 1. The standard InChI is InChI=1S/C19H20F3N3O2/c1-11-9-23-15(12(2)16(11)27-10-19(20,21)22)8-18(3,26)17-24-13-6-4-5-7-14(13)25-17/h4-7,9,26H,8,10H2,1-3H3,(H,24,25). The second-order valence-corrected chi connectivity index (χ2v) is 6.80. The molecule has 0 spiro atoms. The summed E-state index contributed by atoms with van der Waals surface area (Å²) >= 11 is 0. The molecule has 0 fully saturated rings. The van der Waals surface area contributed by atoms with E-state index in [2.05, 4.69) is 15.0 Å². The van der Waals surface area contributed by atoms with E-state index in [0.29, 0.717) is 22.6 Å². The van der Waals surface area contributed by atoms with Crippen LogP contribution in [0.3, 0.4) is 0 Å². The molecular formula is C19H20F3N3O2. The first-order valence-electron chi connectivity index (χ1n) is 8.39. The molecule has 1 aromatic carbocycles. The number of alkyl halides is 3. The lowest BCUT2D eigenvalue weighted by Crippen LogP contribution is -2.27. The quantitative estimate of drug-likeness (QED) is 0.704. The van der Waals surface area contributed by atoms with Crippen LogP contribution in [0.1, 0.15) is 29.6 Å². The van der Waals surface area contributed by atoms with Crippen LogP contribution >= 0.6 is 0 Å². The van der Waals surface area contributed by atoms with Crippen LogP contribution in [0.2, 0.25) is 0 Å². The minimum Gasteiger partial charge on any atom is -0.483 e. The van der Waals surface area contributed by atoms with Gasteiger partial charge in [0.1, 0.15) is 17.2 Å². The lowest BCUT2D eigenvalue weighted by Gasteiger charge is -2.23. The SMILES string of the molecule is Cc1cnc(CC(C)(O)c2nc3ccccc3[nH]2)c(C)c1OCC(F)(F)F. The second kappa shape index (κ2) is 6.84. The second-order valence-electron chi connectivity index (χ2n) is 6.80. The zero-order valence-corrected chi connectivity index (χ0v) is 15.2. The van der Waals surface area contributed by atoms with E-state index in [1.807, 2.05) is 24.3 Å². The van der Waals surface area contributed by atoms with Crippen molar-refractivity contribution >= 4 is 11.0 Å². The van der Waals surface area contributed by atoms with Gasteiger partial charge < -0.3 is 14.8 Å². The third-order valence-corrected chi connectivity index (χ3v) is 4.34. The van der Waals surface area contributed by atoms with Gasteiger partial charge in [0.05, 0.1) is 16.7 Å². The maximum absolute atomic E-state index is 12.5. The van der Waals surface area contributed by atoms with Crippen molar-refractivity contribution in [3.8, 4) is 5.75 Å². The number of benzene rings is 1. The Morgan fingerprint density at radius 1 is 1.19 bits per heavy atom. The fraction of sp³-hybridized carbons (Fsp3) is 0.368. The lowest BCUT2D eigenvalue weighted by atomic mass is 9.96. The molecule has 1 atom stereocenters. The van der Waals surface area contributed by atoms with Crippen molar-refractivity contribution < 1.29 is 23.0 Å². The van der Waals surface area contributed by atoms with Gasteiger partial charge in [-0.3, -0.25) is 4.98 Å². The van der Waals surface area contributed by atoms with Crippen molar-refractivity contribution in [1.82, 2.24) is 15.0 Å². The topological polar surface area (TPSA) is 71.0 Å². The summed E-state index contributed by atoms with van der Waals surface area (Å²) in [7, 11) is 0. The molecule has 0 saturated carbocycles. The van der Waals surface area contributed by atoms with Crippen molar-refractivity contribution in [2.24, 2.45) is 0 Å². The molecule has 5 nitrogen and oxygen atoms in total. The molecule has 2 aromatic heterocycles. The van der Waals surface area contributed by atoms with Crippen molar-refractivity contribution in [1.29, 1.82) is 0 Å². The number of hydrogen-bond acceptors (Lipinski definition) is 4. The largest absolute Gasteiger partial charge is 0.483 e. The Bertz CT molecular complexity index is 931. The highest BCUT2D eigenvalue weighted by atomic mass is 19.4. The summed E-state index contributed by atoms with van der Waals surface area (Å²) in [5.41, 5.74) is 1.54. The van der Waals surface area contributed by atoms with Gasteiger partial charge in [-0.15, -0.1) is 0 Å². The number of fused-ring (bicyclic) bond motifs is 1. The molecule has 0 radical (unpaired) electrons. The van der Waals surface area contributed by atoms with E-state index in [-0.39, 0.29) is 12.2 Å². The number of halogens is 3. The van der Waals surface area contributed by atoms with E-state index in [1.165, 1.54) is 6.20 Å². The maximum Gasteiger partial charge on any atom is 0.422 e. The molecule has 2 N–H and O–H groups in total. The number of hydrogen-bond donors (Lipinski definition) is 2. The molecule has 2 heterocycles. The molecule has 3 rings (SSSR count). The van der Waals surface area contributed by atoms with Crippen LogP contribution in [0.25, 0.3) is 11.0 Å². The summed E-state index contributed by atoms with van der Waals surface area (Å²) in [5, 5.41) is 10.9. The maximum atomic E-state index is 12.5. The number of aromatic amines is 1. The van der Waals surface area contributed by atoms with Crippen molar-refractivity contribution in [3.05, 3.63) is 53.1 Å². The molecule has 0 saturated heterocycles. The summed E-state index contributed by atoms with van der Waals surface area (Å²) in [6, 6.07) is 7.37. The minimum absolute atomic E-state index is 0.0707. The van der Waals surface area contributed by atoms with Gasteiger partial charge >= 0.3 is 6.18 Å². The van der Waals surface area contributed by atoms with Gasteiger partial charge in [-0.25, -0.2) is 4.98 Å². The smallest absolute Gasteiger partial charge is 0.422 e. The number of imidazole rings is 1. The van der Waals surface area contributed by atoms with E-state index < -0.39 is 18.4 Å². The molecule has 27 heavy (non-hydrogen) atoms. The van der Waals surface area contributed by atoms with Gasteiger partial charge in [0.15, 0.2) is 6.61 Å². The van der Waals surface area contributed by atoms with Gasteiger partial charge in [0.2, 0.25) is 0 Å². The molecule has 0 aliphatic rings. The number of aryl methyl sites for hydroxylation is 1. The number of pyridine rings is 1. The molecule has 1 unspecified atom stereocenters. The number of ether oxygens (including phenoxy) is 1. The van der Waals surface area contributed by atoms with Crippen LogP contribution in [0.5, 0.6) is 5.75 Å². The van der Waals surface area contributed by atoms with Crippen molar-refractivity contribution in [2.75, 3.05) is 6.61 Å². The Kier molecular flexibility index (Phi) is 4.86. The molecular weight excluding hydrogens is 359 g/mol. The number of para-hydroxylation sites is 2. The highest BCUT2D eigenvalue weighted by Gasteiger charge is 2.31. The predicted molar refractivity (Wildman–Crippen MR) is 94.6 cm³/mol. The number of aromatic nitrogens is 3. The predicted octanol–water partition coefficient (Wildman–Crippen LogP) is 3.97. The van der Waals surface area contributed by atoms with Crippen LogP contribution in [0.4, 0.5) is 13.2 Å². The Labute approximate surface area is 154 Å². The zero-order valence-electron chi connectivity index (χ0n) is 15.2. The van der Waals surface area contributed by atoms with Crippen molar-refractivity contribution in [3.63, 3.8) is 0 Å². The minimum atomic E-state index is -4.43. The van der Waals surface area contributed by atoms with Crippen LogP contribution in [0, 0.1) is 13.8 Å². The van der Waals surface area contributed by atoms with Crippen LogP contribution < -0.4 is 4.74 Å². The summed E-state index contributed by atoms with van der Waals surface area (Å²) in [6.45, 7) is 3.47. The fourth-order valence-electron chi connectivity index (χ4n) is 2.93. The van der Waals surface area contributed by atoms with Crippen LogP contribution in [-0.4, -0.2) is 32.8 Å². The first-order chi connectivity index (χ1) is 12.6. The molecule has 8 heteroatoms. The zero-order chi connectivity index (χ0) is 19.8. The molecule has 3 aromatic rings. The monoisotopic (exact) mass is 379 g/mol. The average molecular weight is 379 g/mol. The molecule has 144 valence electrons. The van der Waals surface area contributed by atoms with E-state index in [4.69, 9.17) is 4.74 Å². The number of aliphatic hydroxyl groups is 1. The van der Waals surface area contributed by atoms with Crippen LogP contribution in [-0.2, 0) is 12.0 Å². The Morgan fingerprint density at radius 3 is 2.56 bits per heavy atom. The third kappa shape index (κ3) is 4.21. The fourth-order valence-corrected chi connectivity index (χ4v) is 2.93. The first kappa shape index (κ1) is 19.2. The molecule has 0 amide bonds. The van der Waals surface area contributed by atoms with E-state index in [1.54, 1.807) is 20.8 Å². The lowest BCUT2D eigenvalue weighted by molar-refractivity contribution is -0.153. The van der Waals surface area contributed by atoms with Gasteiger partial charge in [-0.2, -0.15) is 13.2 Å².